The van der Waals surface area contributed by atoms with Crippen molar-refractivity contribution in [3.05, 3.63) is 22.2 Å². The monoisotopic (exact) mass is 320 g/mol. The second-order valence-electron chi connectivity index (χ2n) is 2.92. The Morgan fingerprint density at radius 2 is 1.81 bits per heavy atom. The van der Waals surface area contributed by atoms with Gasteiger partial charge >= 0.3 is 6.18 Å². The zero-order valence-electron chi connectivity index (χ0n) is 7.75. The fourth-order valence-corrected chi connectivity index (χ4v) is 1.63. The summed E-state index contributed by atoms with van der Waals surface area (Å²) in [5.74, 6) is -0.644. The molecule has 0 radical (unpaired) electrons. The minimum atomic E-state index is -4.63. The van der Waals surface area contributed by atoms with Crippen molar-refractivity contribution >= 4 is 34.0 Å². The second-order valence-corrected chi connectivity index (χ2v) is 3.77. The van der Waals surface area contributed by atoms with Crippen molar-refractivity contribution in [1.29, 1.82) is 0 Å². The van der Waals surface area contributed by atoms with Gasteiger partial charge in [-0.15, -0.1) is 12.4 Å². The van der Waals surface area contributed by atoms with Crippen molar-refractivity contribution in [3.63, 3.8) is 0 Å². The maximum absolute atomic E-state index is 12.3. The van der Waals surface area contributed by atoms with Crippen molar-refractivity contribution < 1.29 is 18.3 Å². The highest BCUT2D eigenvalue weighted by atomic mass is 79.9. The summed E-state index contributed by atoms with van der Waals surface area (Å²) in [5.41, 5.74) is 9.65. The first kappa shape index (κ1) is 15.3. The van der Waals surface area contributed by atoms with Crippen molar-refractivity contribution in [2.75, 3.05) is 5.73 Å². The summed E-state index contributed by atoms with van der Waals surface area (Å²) in [6.45, 7) is 0. The van der Waals surface area contributed by atoms with Crippen LogP contribution in [-0.2, 0) is 0 Å². The molecular formula is C8H9BrClF3N2O. The van der Waals surface area contributed by atoms with E-state index >= 15 is 0 Å². The van der Waals surface area contributed by atoms with Crippen LogP contribution in [0, 0.1) is 0 Å². The zero-order chi connectivity index (χ0) is 11.8. The quantitative estimate of drug-likeness (QED) is 0.550. The van der Waals surface area contributed by atoms with Crippen molar-refractivity contribution in [3.8, 4) is 5.75 Å². The van der Waals surface area contributed by atoms with Crippen LogP contribution in [0.4, 0.5) is 18.9 Å². The SMILES string of the molecule is Cl.Nc1ccc(Br)c([C@@H](N)C(F)(F)F)c1O. The number of nitrogen functional groups attached to an aromatic ring is 1. The predicted octanol–water partition coefficient (Wildman–Crippen LogP) is 2.72. The number of aromatic hydroxyl groups is 1. The van der Waals surface area contributed by atoms with Crippen LogP contribution in [0.2, 0.25) is 0 Å². The van der Waals surface area contributed by atoms with Gasteiger partial charge in [-0.25, -0.2) is 0 Å². The Morgan fingerprint density at radius 3 is 2.25 bits per heavy atom. The molecule has 0 saturated carbocycles. The highest BCUT2D eigenvalue weighted by molar-refractivity contribution is 9.10. The van der Waals surface area contributed by atoms with Gasteiger partial charge in [0.05, 0.1) is 5.69 Å². The van der Waals surface area contributed by atoms with E-state index in [4.69, 9.17) is 11.5 Å². The van der Waals surface area contributed by atoms with Crippen molar-refractivity contribution in [2.24, 2.45) is 5.73 Å². The van der Waals surface area contributed by atoms with Gasteiger partial charge in [0.2, 0.25) is 0 Å². The number of alkyl halides is 3. The molecule has 1 aromatic rings. The van der Waals surface area contributed by atoms with E-state index in [0.29, 0.717) is 0 Å². The lowest BCUT2D eigenvalue weighted by Crippen LogP contribution is -2.29. The molecule has 0 unspecified atom stereocenters. The molecule has 0 fully saturated rings. The lowest BCUT2D eigenvalue weighted by molar-refractivity contribution is -0.149. The van der Waals surface area contributed by atoms with Crippen LogP contribution >= 0.6 is 28.3 Å². The van der Waals surface area contributed by atoms with E-state index in [1.165, 1.54) is 12.1 Å². The summed E-state index contributed by atoms with van der Waals surface area (Å²) >= 11 is 2.88. The third-order valence-electron chi connectivity index (χ3n) is 1.86. The topological polar surface area (TPSA) is 72.3 Å². The molecular weight excluding hydrogens is 312 g/mol. The minimum absolute atomic E-state index is 0. The number of phenolic OH excluding ortho intramolecular Hbond substituents is 1. The molecule has 0 aliphatic rings. The van der Waals surface area contributed by atoms with Crippen LogP contribution in [0.5, 0.6) is 5.75 Å². The van der Waals surface area contributed by atoms with Gasteiger partial charge in [-0.05, 0) is 12.1 Å². The summed E-state index contributed by atoms with van der Waals surface area (Å²) in [5, 5.41) is 9.38. The standard InChI is InChI=1S/C8H8BrF3N2O.ClH/c9-3-1-2-4(13)6(15)5(3)7(14)8(10,11)12;/h1-2,7,15H,13-14H2;1H/t7-;/m1./s1. The van der Waals surface area contributed by atoms with Gasteiger partial charge in [-0.1, -0.05) is 15.9 Å². The minimum Gasteiger partial charge on any atom is -0.505 e. The van der Waals surface area contributed by atoms with Gasteiger partial charge in [-0.2, -0.15) is 13.2 Å². The molecule has 92 valence electrons. The Kier molecular flexibility index (Phi) is 4.90. The number of hydrogen-bond donors (Lipinski definition) is 3. The number of benzene rings is 1. The average molecular weight is 322 g/mol. The fourth-order valence-electron chi connectivity index (χ4n) is 1.06. The number of anilines is 1. The summed E-state index contributed by atoms with van der Waals surface area (Å²) in [6.07, 6.45) is -4.63. The van der Waals surface area contributed by atoms with Crippen LogP contribution in [-0.4, -0.2) is 11.3 Å². The lowest BCUT2D eigenvalue weighted by atomic mass is 10.1. The Labute approximate surface area is 104 Å². The Morgan fingerprint density at radius 1 is 1.31 bits per heavy atom. The second kappa shape index (κ2) is 5.11. The molecule has 0 bridgehead atoms. The number of phenols is 1. The molecule has 3 nitrogen and oxygen atoms in total. The largest absolute Gasteiger partial charge is 0.505 e. The fraction of sp³-hybridized carbons (Fsp3) is 0.250. The van der Waals surface area contributed by atoms with Gasteiger partial charge in [0, 0.05) is 10.0 Å². The van der Waals surface area contributed by atoms with Crippen LogP contribution < -0.4 is 11.5 Å². The molecule has 0 aromatic heterocycles. The maximum Gasteiger partial charge on any atom is 0.407 e. The first-order valence-electron chi connectivity index (χ1n) is 3.84. The first-order valence-corrected chi connectivity index (χ1v) is 4.63. The molecule has 0 aliphatic heterocycles. The highest BCUT2D eigenvalue weighted by Crippen LogP contribution is 2.41. The average Bonchev–Trinajstić information content (AvgIpc) is 2.10. The van der Waals surface area contributed by atoms with Crippen LogP contribution in [0.3, 0.4) is 0 Å². The summed E-state index contributed by atoms with van der Waals surface area (Å²) < 4.78 is 37.1. The van der Waals surface area contributed by atoms with Crippen molar-refractivity contribution in [1.82, 2.24) is 0 Å². The van der Waals surface area contributed by atoms with E-state index in [9.17, 15) is 18.3 Å². The highest BCUT2D eigenvalue weighted by Gasteiger charge is 2.40. The van der Waals surface area contributed by atoms with Crippen molar-refractivity contribution in [2.45, 2.75) is 12.2 Å². The molecule has 1 atom stereocenters. The van der Waals surface area contributed by atoms with Gasteiger partial charge in [0.25, 0.3) is 0 Å². The van der Waals surface area contributed by atoms with E-state index in [1.54, 1.807) is 0 Å². The van der Waals surface area contributed by atoms with E-state index in [2.05, 4.69) is 15.9 Å². The zero-order valence-corrected chi connectivity index (χ0v) is 10.2. The smallest absolute Gasteiger partial charge is 0.407 e. The van der Waals surface area contributed by atoms with Crippen LogP contribution in [0.15, 0.2) is 16.6 Å². The number of rotatable bonds is 1. The number of halogens is 5. The molecule has 0 saturated heterocycles. The number of hydrogen-bond acceptors (Lipinski definition) is 3. The Bertz CT molecular complexity index is 386. The molecule has 0 aliphatic carbocycles. The summed E-state index contributed by atoms with van der Waals surface area (Å²) in [6, 6.07) is 0.317. The summed E-state index contributed by atoms with van der Waals surface area (Å²) in [4.78, 5) is 0. The molecule has 0 amide bonds. The Hall–Kier alpha value is -0.660. The normalized spacial score (nSPS) is 13.1. The first-order chi connectivity index (χ1) is 6.75. The van der Waals surface area contributed by atoms with Crippen LogP contribution in [0.25, 0.3) is 0 Å². The third-order valence-corrected chi connectivity index (χ3v) is 2.55. The third kappa shape index (κ3) is 2.93. The summed E-state index contributed by atoms with van der Waals surface area (Å²) in [7, 11) is 0. The van der Waals surface area contributed by atoms with E-state index in [-0.39, 0.29) is 22.6 Å². The molecule has 1 rings (SSSR count). The molecule has 16 heavy (non-hydrogen) atoms. The van der Waals surface area contributed by atoms with Gasteiger partial charge in [0.1, 0.15) is 11.8 Å². The maximum atomic E-state index is 12.3. The van der Waals surface area contributed by atoms with E-state index in [1.807, 2.05) is 0 Å². The lowest BCUT2D eigenvalue weighted by Gasteiger charge is -2.19. The van der Waals surface area contributed by atoms with Gasteiger partial charge in [-0.3, -0.25) is 0 Å². The van der Waals surface area contributed by atoms with E-state index in [0.717, 1.165) is 0 Å². The van der Waals surface area contributed by atoms with Gasteiger partial charge < -0.3 is 16.6 Å². The molecule has 5 N–H and O–H groups in total. The molecule has 0 spiro atoms. The predicted molar refractivity (Wildman–Crippen MR) is 60.5 cm³/mol. The van der Waals surface area contributed by atoms with E-state index < -0.39 is 23.5 Å². The molecule has 1 aromatic carbocycles. The van der Waals surface area contributed by atoms with Crippen LogP contribution in [0.1, 0.15) is 11.6 Å². The molecule has 8 heteroatoms. The molecule has 0 heterocycles. The Balaban J connectivity index is 0.00000225. The number of nitrogens with two attached hydrogens (primary N) is 2. The van der Waals surface area contributed by atoms with Gasteiger partial charge in [0.15, 0.2) is 0 Å².